The Bertz CT molecular complexity index is 1530. The van der Waals surface area contributed by atoms with Gasteiger partial charge in [0.2, 0.25) is 10.0 Å². The average molecular weight is 580 g/mol. The Labute approximate surface area is 239 Å². The Balaban J connectivity index is 1.65. The molecule has 0 aliphatic carbocycles. The number of nitrogens with zero attached hydrogens (tertiary/aromatic N) is 3. The molecule has 1 spiro atoms. The largest absolute Gasteiger partial charge is 0.507 e. The van der Waals surface area contributed by atoms with Gasteiger partial charge in [-0.05, 0) is 43.2 Å². The maximum Gasteiger partial charge on any atom is 0.296 e. The SMILES string of the molecule is C=CCN1C(=O)C2(/C(=C(/O)c3ccc(S(=O)(=O)N4CCCCCC4)cc3)C(=O)C(=O)N2CCOC)c2ccccc21. The number of methoxy groups -OCH3 is 1. The van der Waals surface area contributed by atoms with Crippen LogP contribution in [-0.2, 0) is 34.7 Å². The molecular weight excluding hydrogens is 546 g/mol. The molecule has 2 amide bonds. The summed E-state index contributed by atoms with van der Waals surface area (Å²) in [5, 5.41) is 11.6. The van der Waals surface area contributed by atoms with Gasteiger partial charge in [-0.15, -0.1) is 6.58 Å². The molecule has 216 valence electrons. The highest BCUT2D eigenvalue weighted by Gasteiger charge is 2.66. The molecule has 2 aromatic rings. The second-order valence-electron chi connectivity index (χ2n) is 10.3. The van der Waals surface area contributed by atoms with Crippen LogP contribution >= 0.6 is 0 Å². The smallest absolute Gasteiger partial charge is 0.296 e. The Kier molecular flexibility index (Phi) is 7.87. The van der Waals surface area contributed by atoms with Crippen LogP contribution in [0.25, 0.3) is 5.76 Å². The van der Waals surface area contributed by atoms with E-state index in [1.54, 1.807) is 30.3 Å². The summed E-state index contributed by atoms with van der Waals surface area (Å²) in [7, 11) is -2.30. The molecule has 2 saturated heterocycles. The Hall–Kier alpha value is -3.80. The number of para-hydroxylation sites is 1. The zero-order chi connectivity index (χ0) is 29.4. The van der Waals surface area contributed by atoms with E-state index in [0.29, 0.717) is 24.3 Å². The Morgan fingerprint density at radius 1 is 1.02 bits per heavy atom. The molecule has 1 atom stereocenters. The van der Waals surface area contributed by atoms with Crippen molar-refractivity contribution >= 4 is 39.1 Å². The van der Waals surface area contributed by atoms with Gasteiger partial charge in [0.25, 0.3) is 17.6 Å². The van der Waals surface area contributed by atoms with Crippen molar-refractivity contribution in [3.05, 3.63) is 77.9 Å². The Morgan fingerprint density at radius 3 is 2.32 bits per heavy atom. The number of hydrogen-bond acceptors (Lipinski definition) is 7. The number of hydrogen-bond donors (Lipinski definition) is 1. The standard InChI is InChI=1S/C30H33N3O7S/c1-3-16-32-24-11-7-6-10-23(24)30(29(32)37)25(27(35)28(36)33(30)19-20-40-2)26(34)21-12-14-22(15-13-21)41(38,39)31-17-8-4-5-9-18-31/h3,6-7,10-15,34H,1,4-5,8-9,16-20H2,2H3/b26-25+. The molecule has 0 bridgehead atoms. The predicted molar refractivity (Wildman–Crippen MR) is 152 cm³/mol. The summed E-state index contributed by atoms with van der Waals surface area (Å²) >= 11 is 0. The fourth-order valence-electron chi connectivity index (χ4n) is 6.02. The number of likely N-dealkylation sites (tertiary alicyclic amines) is 1. The number of carbonyl (C=O) groups excluding carboxylic acids is 3. The summed E-state index contributed by atoms with van der Waals surface area (Å²) in [5.74, 6) is -3.09. The second-order valence-corrected chi connectivity index (χ2v) is 12.2. The van der Waals surface area contributed by atoms with Gasteiger partial charge in [0, 0.05) is 44.4 Å². The van der Waals surface area contributed by atoms with Gasteiger partial charge in [-0.1, -0.05) is 37.1 Å². The van der Waals surface area contributed by atoms with Crippen LogP contribution in [0.4, 0.5) is 5.69 Å². The van der Waals surface area contributed by atoms with Crippen molar-refractivity contribution < 1.29 is 32.6 Å². The second kappa shape index (κ2) is 11.2. The molecule has 3 aliphatic heterocycles. The van der Waals surface area contributed by atoms with Gasteiger partial charge in [0.05, 0.1) is 22.8 Å². The minimum absolute atomic E-state index is 0.0504. The number of aliphatic hydroxyl groups excluding tert-OH is 1. The summed E-state index contributed by atoms with van der Waals surface area (Å²) in [5.41, 5.74) is -1.31. The maximum atomic E-state index is 14.2. The first-order valence-electron chi connectivity index (χ1n) is 13.6. The van der Waals surface area contributed by atoms with E-state index >= 15 is 0 Å². The third kappa shape index (κ3) is 4.48. The van der Waals surface area contributed by atoms with Gasteiger partial charge in [0.15, 0.2) is 5.54 Å². The quantitative estimate of drug-likeness (QED) is 0.221. The van der Waals surface area contributed by atoms with Gasteiger partial charge < -0.3 is 19.6 Å². The fraction of sp³-hybridized carbons (Fsp3) is 0.367. The van der Waals surface area contributed by atoms with E-state index in [2.05, 4.69) is 6.58 Å². The molecule has 10 nitrogen and oxygen atoms in total. The fourth-order valence-corrected chi connectivity index (χ4v) is 7.54. The summed E-state index contributed by atoms with van der Waals surface area (Å²) in [6.45, 7) is 4.72. The van der Waals surface area contributed by atoms with E-state index < -0.39 is 38.9 Å². The Morgan fingerprint density at radius 2 is 1.68 bits per heavy atom. The zero-order valence-electron chi connectivity index (χ0n) is 22.9. The topological polar surface area (TPSA) is 125 Å². The number of anilines is 1. The van der Waals surface area contributed by atoms with Crippen molar-refractivity contribution in [3.63, 3.8) is 0 Å². The lowest BCUT2D eigenvalue weighted by Gasteiger charge is -2.34. The molecule has 11 heteroatoms. The number of ether oxygens (including phenoxy) is 1. The molecule has 3 heterocycles. The highest BCUT2D eigenvalue weighted by Crippen LogP contribution is 2.53. The maximum absolute atomic E-state index is 14.2. The molecular formula is C30H33N3O7S. The van der Waals surface area contributed by atoms with Crippen LogP contribution in [-0.4, -0.2) is 80.2 Å². The first-order chi connectivity index (χ1) is 19.7. The molecule has 0 radical (unpaired) electrons. The third-order valence-corrected chi connectivity index (χ3v) is 9.88. The first-order valence-corrected chi connectivity index (χ1v) is 15.1. The number of aliphatic hydroxyl groups is 1. The van der Waals surface area contributed by atoms with Gasteiger partial charge in [-0.25, -0.2) is 8.42 Å². The monoisotopic (exact) mass is 579 g/mol. The highest BCUT2D eigenvalue weighted by atomic mass is 32.2. The van der Waals surface area contributed by atoms with E-state index in [1.165, 1.54) is 40.6 Å². The first kappa shape index (κ1) is 28.7. The van der Waals surface area contributed by atoms with E-state index in [4.69, 9.17) is 4.74 Å². The van der Waals surface area contributed by atoms with Crippen LogP contribution in [0.2, 0.25) is 0 Å². The minimum Gasteiger partial charge on any atom is -0.507 e. The highest BCUT2D eigenvalue weighted by molar-refractivity contribution is 7.89. The van der Waals surface area contributed by atoms with Gasteiger partial charge in [-0.2, -0.15) is 4.31 Å². The minimum atomic E-state index is -3.75. The molecule has 41 heavy (non-hydrogen) atoms. The van der Waals surface area contributed by atoms with E-state index in [9.17, 15) is 27.9 Å². The number of fused-ring (bicyclic) bond motifs is 2. The lowest BCUT2D eigenvalue weighted by atomic mass is 9.82. The van der Waals surface area contributed by atoms with Crippen LogP contribution in [0.15, 0.2) is 71.7 Å². The molecule has 2 fully saturated rings. The number of sulfonamides is 1. The molecule has 1 N–H and O–H groups in total. The van der Waals surface area contributed by atoms with Crippen LogP contribution in [0.1, 0.15) is 36.8 Å². The van der Waals surface area contributed by atoms with E-state index in [-0.39, 0.29) is 35.7 Å². The lowest BCUT2D eigenvalue weighted by Crippen LogP contribution is -2.52. The average Bonchev–Trinajstić information content (AvgIpc) is 3.19. The van der Waals surface area contributed by atoms with Crippen LogP contribution in [0.5, 0.6) is 0 Å². The van der Waals surface area contributed by atoms with Crippen molar-refractivity contribution in [2.45, 2.75) is 36.1 Å². The molecule has 2 aromatic carbocycles. The predicted octanol–water partition coefficient (Wildman–Crippen LogP) is 3.01. The summed E-state index contributed by atoms with van der Waals surface area (Å²) < 4.78 is 33.2. The molecule has 1 unspecified atom stereocenters. The molecule has 3 aliphatic rings. The van der Waals surface area contributed by atoms with Crippen molar-refractivity contribution in [3.8, 4) is 0 Å². The number of ketones is 1. The van der Waals surface area contributed by atoms with Crippen molar-refractivity contribution in [1.82, 2.24) is 9.21 Å². The van der Waals surface area contributed by atoms with Crippen LogP contribution in [0.3, 0.4) is 0 Å². The van der Waals surface area contributed by atoms with E-state index in [1.807, 2.05) is 0 Å². The van der Waals surface area contributed by atoms with Crippen LogP contribution < -0.4 is 4.90 Å². The van der Waals surface area contributed by atoms with Gasteiger partial charge >= 0.3 is 0 Å². The summed E-state index contributed by atoms with van der Waals surface area (Å²) in [6, 6.07) is 12.3. The normalized spacial score (nSPS) is 22.8. The third-order valence-electron chi connectivity index (χ3n) is 7.97. The number of benzene rings is 2. The molecule has 0 aromatic heterocycles. The van der Waals surface area contributed by atoms with Crippen LogP contribution in [0, 0.1) is 0 Å². The van der Waals surface area contributed by atoms with Gasteiger partial charge in [0.1, 0.15) is 5.76 Å². The van der Waals surface area contributed by atoms with Crippen molar-refractivity contribution in [2.75, 3.05) is 44.8 Å². The van der Waals surface area contributed by atoms with Crippen molar-refractivity contribution in [2.24, 2.45) is 0 Å². The number of Topliss-reactive ketones (excluding diaryl/α,β-unsaturated/α-hetero) is 1. The number of carbonyl (C=O) groups is 3. The zero-order valence-corrected chi connectivity index (χ0v) is 23.7. The van der Waals surface area contributed by atoms with E-state index in [0.717, 1.165) is 30.6 Å². The summed E-state index contributed by atoms with van der Waals surface area (Å²) in [6.07, 6.45) is 5.09. The lowest BCUT2D eigenvalue weighted by molar-refractivity contribution is -0.144. The molecule has 5 rings (SSSR count). The number of amides is 2. The van der Waals surface area contributed by atoms with Gasteiger partial charge in [-0.3, -0.25) is 14.4 Å². The molecule has 0 saturated carbocycles. The summed E-state index contributed by atoms with van der Waals surface area (Å²) in [4.78, 5) is 43.9. The number of rotatable bonds is 8. The van der Waals surface area contributed by atoms with Crippen molar-refractivity contribution in [1.29, 1.82) is 0 Å².